The molecule has 6 heteroatoms. The lowest BCUT2D eigenvalue weighted by molar-refractivity contribution is -0.142. The van der Waals surface area contributed by atoms with Crippen molar-refractivity contribution in [1.29, 1.82) is 0 Å². The van der Waals surface area contributed by atoms with E-state index in [0.717, 1.165) is 4.47 Å². The zero-order chi connectivity index (χ0) is 12.1. The number of benzene rings is 1. The number of ether oxygens (including phenoxy) is 2. The molecule has 1 aromatic carbocycles. The molecule has 1 atom stereocenters. The molecular weight excluding hydrogens is 309 g/mol. The summed E-state index contributed by atoms with van der Waals surface area (Å²) in [6.45, 7) is 2.39. The van der Waals surface area contributed by atoms with Gasteiger partial charge in [-0.1, -0.05) is 15.9 Å². The predicted octanol–water partition coefficient (Wildman–Crippen LogP) is 2.44. The summed E-state index contributed by atoms with van der Waals surface area (Å²) in [4.78, 5) is 11.4. The van der Waals surface area contributed by atoms with Gasteiger partial charge in [0.25, 0.3) is 0 Å². The standard InChI is InChI=1S/C11H14BrNO3.ClH/c1-3-16-9-5-4-7(12)6-8(9)10(13)11(14)15-2;/h4-6,10H,3,13H2,1-2H3;1H/t10-;/m0./s1. The van der Waals surface area contributed by atoms with Gasteiger partial charge in [0.05, 0.1) is 13.7 Å². The second-order valence-corrected chi connectivity index (χ2v) is 4.03. The average molecular weight is 325 g/mol. The van der Waals surface area contributed by atoms with E-state index in [1.165, 1.54) is 7.11 Å². The molecule has 0 bridgehead atoms. The molecule has 0 radical (unpaired) electrons. The van der Waals surface area contributed by atoms with Gasteiger partial charge < -0.3 is 15.2 Å². The minimum atomic E-state index is -0.830. The Morgan fingerprint density at radius 1 is 1.53 bits per heavy atom. The third-order valence-corrected chi connectivity index (χ3v) is 2.56. The first kappa shape index (κ1) is 16.2. The maximum Gasteiger partial charge on any atom is 0.327 e. The van der Waals surface area contributed by atoms with Crippen molar-refractivity contribution in [3.05, 3.63) is 28.2 Å². The number of halogens is 2. The van der Waals surface area contributed by atoms with Gasteiger partial charge in [-0.05, 0) is 25.1 Å². The molecular formula is C11H15BrClNO3. The molecule has 0 saturated carbocycles. The molecule has 0 aromatic heterocycles. The molecule has 96 valence electrons. The minimum Gasteiger partial charge on any atom is -0.494 e. The van der Waals surface area contributed by atoms with Gasteiger partial charge in [0.1, 0.15) is 11.8 Å². The molecule has 17 heavy (non-hydrogen) atoms. The van der Waals surface area contributed by atoms with Crippen LogP contribution in [0.15, 0.2) is 22.7 Å². The van der Waals surface area contributed by atoms with Crippen LogP contribution in [-0.4, -0.2) is 19.7 Å². The van der Waals surface area contributed by atoms with Crippen LogP contribution in [0.1, 0.15) is 18.5 Å². The summed E-state index contributed by atoms with van der Waals surface area (Å²) in [6.07, 6.45) is 0. The van der Waals surface area contributed by atoms with Crippen molar-refractivity contribution in [2.24, 2.45) is 5.73 Å². The zero-order valence-electron chi connectivity index (χ0n) is 9.60. The van der Waals surface area contributed by atoms with Crippen LogP contribution in [0, 0.1) is 0 Å². The second kappa shape index (κ2) is 7.53. The first-order chi connectivity index (χ1) is 7.60. The fraction of sp³-hybridized carbons (Fsp3) is 0.364. The number of carbonyl (C=O) groups is 1. The summed E-state index contributed by atoms with van der Waals surface area (Å²) in [5.74, 6) is 0.114. The van der Waals surface area contributed by atoms with E-state index in [1.807, 2.05) is 13.0 Å². The molecule has 0 unspecified atom stereocenters. The zero-order valence-corrected chi connectivity index (χ0v) is 12.0. The number of hydrogen-bond donors (Lipinski definition) is 1. The molecule has 1 rings (SSSR count). The van der Waals surface area contributed by atoms with Crippen LogP contribution < -0.4 is 10.5 Å². The quantitative estimate of drug-likeness (QED) is 0.864. The van der Waals surface area contributed by atoms with Crippen LogP contribution in [0.3, 0.4) is 0 Å². The number of carbonyl (C=O) groups excluding carboxylic acids is 1. The Balaban J connectivity index is 0.00000256. The van der Waals surface area contributed by atoms with Gasteiger partial charge in [-0.3, -0.25) is 4.79 Å². The van der Waals surface area contributed by atoms with Crippen LogP contribution in [0.4, 0.5) is 0 Å². The van der Waals surface area contributed by atoms with Crippen molar-refractivity contribution >= 4 is 34.3 Å². The first-order valence-corrected chi connectivity index (χ1v) is 5.65. The van der Waals surface area contributed by atoms with Gasteiger partial charge in [0.2, 0.25) is 0 Å². The molecule has 4 nitrogen and oxygen atoms in total. The van der Waals surface area contributed by atoms with Crippen LogP contribution in [0.5, 0.6) is 5.75 Å². The molecule has 0 aliphatic carbocycles. The normalized spacial score (nSPS) is 11.3. The molecule has 0 spiro atoms. The Kier molecular flexibility index (Phi) is 7.18. The van der Waals surface area contributed by atoms with Crippen molar-refractivity contribution < 1.29 is 14.3 Å². The summed E-state index contributed by atoms with van der Waals surface area (Å²) in [7, 11) is 1.31. The van der Waals surface area contributed by atoms with Crippen LogP contribution in [0.2, 0.25) is 0 Å². The van der Waals surface area contributed by atoms with Crippen molar-refractivity contribution in [2.75, 3.05) is 13.7 Å². The fourth-order valence-corrected chi connectivity index (χ4v) is 1.68. The number of hydrogen-bond acceptors (Lipinski definition) is 4. The molecule has 0 aliphatic rings. The number of methoxy groups -OCH3 is 1. The number of esters is 1. The van der Waals surface area contributed by atoms with Gasteiger partial charge in [0.15, 0.2) is 0 Å². The van der Waals surface area contributed by atoms with E-state index in [0.29, 0.717) is 17.9 Å². The fourth-order valence-electron chi connectivity index (χ4n) is 1.30. The highest BCUT2D eigenvalue weighted by atomic mass is 79.9. The molecule has 0 saturated heterocycles. The molecule has 0 fully saturated rings. The smallest absolute Gasteiger partial charge is 0.327 e. The Morgan fingerprint density at radius 3 is 2.71 bits per heavy atom. The molecule has 1 aromatic rings. The molecule has 2 N–H and O–H groups in total. The Morgan fingerprint density at radius 2 is 2.18 bits per heavy atom. The summed E-state index contributed by atoms with van der Waals surface area (Å²) in [6, 6.07) is 4.53. The summed E-state index contributed by atoms with van der Waals surface area (Å²) < 4.78 is 10.8. The van der Waals surface area contributed by atoms with E-state index in [2.05, 4.69) is 20.7 Å². The topological polar surface area (TPSA) is 61.5 Å². The lowest BCUT2D eigenvalue weighted by Crippen LogP contribution is -2.23. The van der Waals surface area contributed by atoms with E-state index >= 15 is 0 Å². The number of nitrogens with two attached hydrogens (primary N) is 1. The molecule has 0 amide bonds. The third kappa shape index (κ3) is 4.18. The van der Waals surface area contributed by atoms with Crippen molar-refractivity contribution in [3.63, 3.8) is 0 Å². The Hall–Kier alpha value is -0.780. The van der Waals surface area contributed by atoms with Gasteiger partial charge >= 0.3 is 5.97 Å². The highest BCUT2D eigenvalue weighted by Crippen LogP contribution is 2.28. The maximum atomic E-state index is 11.4. The largest absolute Gasteiger partial charge is 0.494 e. The molecule has 0 aliphatic heterocycles. The second-order valence-electron chi connectivity index (χ2n) is 3.12. The summed E-state index contributed by atoms with van der Waals surface area (Å²) in [5, 5.41) is 0. The third-order valence-electron chi connectivity index (χ3n) is 2.06. The van der Waals surface area contributed by atoms with Crippen LogP contribution in [0.25, 0.3) is 0 Å². The maximum absolute atomic E-state index is 11.4. The van der Waals surface area contributed by atoms with Crippen molar-refractivity contribution in [1.82, 2.24) is 0 Å². The Bertz CT molecular complexity index is 387. The van der Waals surface area contributed by atoms with Gasteiger partial charge in [0, 0.05) is 10.0 Å². The predicted molar refractivity (Wildman–Crippen MR) is 71.5 cm³/mol. The van der Waals surface area contributed by atoms with Gasteiger partial charge in [-0.25, -0.2) is 0 Å². The van der Waals surface area contributed by atoms with E-state index in [4.69, 9.17) is 10.5 Å². The monoisotopic (exact) mass is 323 g/mol. The van der Waals surface area contributed by atoms with E-state index in [9.17, 15) is 4.79 Å². The van der Waals surface area contributed by atoms with Gasteiger partial charge in [-0.2, -0.15) is 0 Å². The minimum absolute atomic E-state index is 0. The van der Waals surface area contributed by atoms with Crippen LogP contribution in [-0.2, 0) is 9.53 Å². The van der Waals surface area contributed by atoms with Crippen LogP contribution >= 0.6 is 28.3 Å². The number of rotatable bonds is 4. The first-order valence-electron chi connectivity index (χ1n) is 4.85. The summed E-state index contributed by atoms with van der Waals surface area (Å²) in [5.41, 5.74) is 6.39. The lowest BCUT2D eigenvalue weighted by atomic mass is 10.1. The SMILES string of the molecule is CCOc1ccc(Br)cc1[C@H](N)C(=O)OC.Cl. The van der Waals surface area contributed by atoms with Crippen molar-refractivity contribution in [3.8, 4) is 5.75 Å². The highest BCUT2D eigenvalue weighted by Gasteiger charge is 2.20. The molecule has 0 heterocycles. The van der Waals surface area contributed by atoms with E-state index in [-0.39, 0.29) is 12.4 Å². The highest BCUT2D eigenvalue weighted by molar-refractivity contribution is 9.10. The lowest BCUT2D eigenvalue weighted by Gasteiger charge is -2.15. The average Bonchev–Trinajstić information content (AvgIpc) is 2.29. The van der Waals surface area contributed by atoms with E-state index in [1.54, 1.807) is 12.1 Å². The summed E-state index contributed by atoms with van der Waals surface area (Å²) >= 11 is 3.32. The van der Waals surface area contributed by atoms with Gasteiger partial charge in [-0.15, -0.1) is 12.4 Å². The van der Waals surface area contributed by atoms with Crippen molar-refractivity contribution in [2.45, 2.75) is 13.0 Å². The van der Waals surface area contributed by atoms with E-state index < -0.39 is 12.0 Å². The Labute approximate surface area is 115 Å².